The quantitative estimate of drug-likeness (QED) is 0.516. The zero-order valence-electron chi connectivity index (χ0n) is 17.0. The van der Waals surface area contributed by atoms with Crippen LogP contribution in [-0.2, 0) is 19.1 Å². The Bertz CT molecular complexity index is 949. The number of carbonyl (C=O) groups is 2. The van der Waals surface area contributed by atoms with Crippen LogP contribution in [0.1, 0.15) is 37.7 Å². The number of benzene rings is 1. The van der Waals surface area contributed by atoms with Gasteiger partial charge in [0.1, 0.15) is 17.9 Å². The maximum atomic E-state index is 12.8. The first-order chi connectivity index (χ1) is 14.4. The van der Waals surface area contributed by atoms with E-state index in [4.69, 9.17) is 36.3 Å². The van der Waals surface area contributed by atoms with Gasteiger partial charge in [-0.2, -0.15) is 0 Å². The normalized spacial score (nSPS) is 18.5. The van der Waals surface area contributed by atoms with E-state index < -0.39 is 11.9 Å². The molecule has 2 aliphatic rings. The molecule has 1 aliphatic carbocycles. The fourth-order valence-electron chi connectivity index (χ4n) is 3.70. The third kappa shape index (κ3) is 4.03. The van der Waals surface area contributed by atoms with E-state index in [-0.39, 0.29) is 28.9 Å². The lowest BCUT2D eigenvalue weighted by molar-refractivity contribution is -0.136. The van der Waals surface area contributed by atoms with Crippen molar-refractivity contribution in [1.82, 2.24) is 0 Å². The smallest absolute Gasteiger partial charge is 0.340 e. The maximum absolute atomic E-state index is 12.8. The molecule has 0 unspecified atom stereocenters. The van der Waals surface area contributed by atoms with Crippen LogP contribution in [0.4, 0.5) is 0 Å². The molecular weight excluding hydrogens is 410 g/mol. The standard InChI is InChI=1S/C22H24ClNO6/c1-4-9-29-20-13(23)10-12(11-16(20)28-5-2)17-18-14(25)7-6-8-15(18)30-21(24)19(17)22(26)27-3/h4,10-11,17H,1,5-9,24H2,2-3H3/t17-/m0/s1. The second-order valence-electron chi connectivity index (χ2n) is 6.78. The van der Waals surface area contributed by atoms with Crippen molar-refractivity contribution >= 4 is 23.4 Å². The van der Waals surface area contributed by atoms with Crippen LogP contribution in [0.15, 0.2) is 47.6 Å². The summed E-state index contributed by atoms with van der Waals surface area (Å²) in [7, 11) is 1.25. The number of nitrogens with two attached hydrogens (primary N) is 1. The van der Waals surface area contributed by atoms with E-state index in [9.17, 15) is 9.59 Å². The Hall–Kier alpha value is -2.93. The van der Waals surface area contributed by atoms with E-state index in [1.165, 1.54) is 7.11 Å². The Kier molecular flexibility index (Phi) is 6.72. The minimum Gasteiger partial charge on any atom is -0.490 e. The molecule has 2 N–H and O–H groups in total. The number of ketones is 1. The summed E-state index contributed by atoms with van der Waals surface area (Å²) in [5, 5.41) is 0.275. The predicted molar refractivity (Wildman–Crippen MR) is 111 cm³/mol. The maximum Gasteiger partial charge on any atom is 0.340 e. The number of rotatable bonds is 7. The minimum absolute atomic E-state index is 0.0600. The molecule has 8 heteroatoms. The van der Waals surface area contributed by atoms with Crippen molar-refractivity contribution < 1.29 is 28.5 Å². The molecule has 30 heavy (non-hydrogen) atoms. The van der Waals surface area contributed by atoms with Gasteiger partial charge >= 0.3 is 5.97 Å². The number of ether oxygens (including phenoxy) is 4. The molecule has 0 radical (unpaired) electrons. The van der Waals surface area contributed by atoms with Crippen molar-refractivity contribution in [1.29, 1.82) is 0 Å². The van der Waals surface area contributed by atoms with Gasteiger partial charge in [-0.25, -0.2) is 4.79 Å². The minimum atomic E-state index is -0.779. The summed E-state index contributed by atoms with van der Waals surface area (Å²) in [5.41, 5.74) is 7.09. The van der Waals surface area contributed by atoms with E-state index >= 15 is 0 Å². The average Bonchev–Trinajstić information content (AvgIpc) is 2.72. The molecule has 160 valence electrons. The Morgan fingerprint density at radius 2 is 2.13 bits per heavy atom. The van der Waals surface area contributed by atoms with Gasteiger partial charge in [0.05, 0.1) is 24.7 Å². The first kappa shape index (κ1) is 21.8. The second kappa shape index (κ2) is 9.26. The number of Topliss-reactive ketones (excluding diaryl/α,β-unsaturated/α-hetero) is 1. The van der Waals surface area contributed by atoms with Gasteiger partial charge in [-0.3, -0.25) is 4.79 Å². The first-order valence-corrected chi connectivity index (χ1v) is 10.0. The molecule has 1 heterocycles. The van der Waals surface area contributed by atoms with Gasteiger partial charge in [0, 0.05) is 18.4 Å². The van der Waals surface area contributed by atoms with Crippen molar-refractivity contribution in [3.05, 3.63) is 58.2 Å². The van der Waals surface area contributed by atoms with Crippen LogP contribution in [0.3, 0.4) is 0 Å². The monoisotopic (exact) mass is 433 g/mol. The van der Waals surface area contributed by atoms with E-state index in [0.29, 0.717) is 54.3 Å². The number of halogens is 1. The van der Waals surface area contributed by atoms with Gasteiger partial charge in [0.15, 0.2) is 17.3 Å². The van der Waals surface area contributed by atoms with Crippen LogP contribution in [-0.4, -0.2) is 32.1 Å². The van der Waals surface area contributed by atoms with Crippen LogP contribution >= 0.6 is 11.6 Å². The summed E-state index contributed by atoms with van der Waals surface area (Å²) in [5.74, 6) is -0.417. The van der Waals surface area contributed by atoms with Gasteiger partial charge in [0.2, 0.25) is 5.88 Å². The van der Waals surface area contributed by atoms with E-state index in [1.807, 2.05) is 6.92 Å². The highest BCUT2D eigenvalue weighted by Crippen LogP contribution is 2.47. The Morgan fingerprint density at radius 3 is 2.80 bits per heavy atom. The Labute approximate surface area is 180 Å². The van der Waals surface area contributed by atoms with Crippen molar-refractivity contribution in [2.75, 3.05) is 20.3 Å². The summed E-state index contributed by atoms with van der Waals surface area (Å²) in [6.45, 7) is 6.07. The lowest BCUT2D eigenvalue weighted by atomic mass is 9.77. The highest BCUT2D eigenvalue weighted by Gasteiger charge is 2.41. The highest BCUT2D eigenvalue weighted by molar-refractivity contribution is 6.32. The lowest BCUT2D eigenvalue weighted by Gasteiger charge is -2.32. The predicted octanol–water partition coefficient (Wildman–Crippen LogP) is 3.77. The van der Waals surface area contributed by atoms with Crippen LogP contribution in [0.25, 0.3) is 0 Å². The highest BCUT2D eigenvalue weighted by atomic mass is 35.5. The molecule has 7 nitrogen and oxygen atoms in total. The van der Waals surface area contributed by atoms with E-state index in [1.54, 1.807) is 18.2 Å². The van der Waals surface area contributed by atoms with Gasteiger partial charge in [-0.1, -0.05) is 24.3 Å². The second-order valence-corrected chi connectivity index (χ2v) is 7.19. The number of hydrogen-bond donors (Lipinski definition) is 1. The summed E-state index contributed by atoms with van der Waals surface area (Å²) in [6.07, 6.45) is 3.17. The molecular formula is C22H24ClNO6. The van der Waals surface area contributed by atoms with Crippen molar-refractivity contribution in [3.8, 4) is 11.5 Å². The molecule has 1 aromatic carbocycles. The average molecular weight is 434 g/mol. The van der Waals surface area contributed by atoms with Crippen LogP contribution in [0.2, 0.25) is 5.02 Å². The fraction of sp³-hybridized carbons (Fsp3) is 0.364. The topological polar surface area (TPSA) is 97.1 Å². The largest absolute Gasteiger partial charge is 0.490 e. The zero-order valence-corrected chi connectivity index (χ0v) is 17.7. The van der Waals surface area contributed by atoms with E-state index in [0.717, 1.165) is 0 Å². The lowest BCUT2D eigenvalue weighted by Crippen LogP contribution is -2.31. The number of hydrogen-bond acceptors (Lipinski definition) is 7. The van der Waals surface area contributed by atoms with Crippen LogP contribution in [0.5, 0.6) is 11.5 Å². The molecule has 1 aromatic rings. The Morgan fingerprint density at radius 1 is 1.37 bits per heavy atom. The third-order valence-electron chi connectivity index (χ3n) is 4.90. The molecule has 0 saturated carbocycles. The molecule has 0 saturated heterocycles. The van der Waals surface area contributed by atoms with E-state index in [2.05, 4.69) is 6.58 Å². The van der Waals surface area contributed by atoms with Gasteiger partial charge in [0.25, 0.3) is 0 Å². The Balaban J connectivity index is 2.21. The van der Waals surface area contributed by atoms with Crippen LogP contribution < -0.4 is 15.2 Å². The summed E-state index contributed by atoms with van der Waals surface area (Å²) in [4.78, 5) is 25.4. The van der Waals surface area contributed by atoms with Gasteiger partial charge in [-0.15, -0.1) is 0 Å². The van der Waals surface area contributed by atoms with Gasteiger partial charge in [-0.05, 0) is 31.0 Å². The molecule has 3 rings (SSSR count). The molecule has 0 fully saturated rings. The molecule has 0 amide bonds. The van der Waals surface area contributed by atoms with Gasteiger partial charge < -0.3 is 24.7 Å². The number of methoxy groups -OCH3 is 1. The number of esters is 1. The van der Waals surface area contributed by atoms with Crippen molar-refractivity contribution in [2.24, 2.45) is 5.73 Å². The summed E-state index contributed by atoms with van der Waals surface area (Å²) >= 11 is 6.50. The molecule has 0 bridgehead atoms. The summed E-state index contributed by atoms with van der Waals surface area (Å²) in [6, 6.07) is 3.34. The SMILES string of the molecule is C=CCOc1c(Cl)cc([C@@H]2C(C(=O)OC)=C(N)OC3=C2C(=O)CCC3)cc1OCC. The first-order valence-electron chi connectivity index (χ1n) is 9.64. The fourth-order valence-corrected chi connectivity index (χ4v) is 3.97. The molecule has 0 aromatic heterocycles. The summed E-state index contributed by atoms with van der Waals surface area (Å²) < 4.78 is 21.9. The molecule has 1 aliphatic heterocycles. The van der Waals surface area contributed by atoms with Crippen LogP contribution in [0, 0.1) is 0 Å². The number of carbonyl (C=O) groups excluding carboxylic acids is 2. The van der Waals surface area contributed by atoms with Crippen molar-refractivity contribution in [3.63, 3.8) is 0 Å². The van der Waals surface area contributed by atoms with Crippen molar-refractivity contribution in [2.45, 2.75) is 32.1 Å². The number of allylic oxidation sites excluding steroid dienone is 2. The molecule has 0 spiro atoms. The third-order valence-corrected chi connectivity index (χ3v) is 5.18. The zero-order chi connectivity index (χ0) is 21.8. The molecule has 1 atom stereocenters.